The lowest BCUT2D eigenvalue weighted by Gasteiger charge is -2.13. The number of rotatable bonds is 7. The van der Waals surface area contributed by atoms with Crippen molar-refractivity contribution in [2.45, 2.75) is 26.7 Å². The number of sulfonamides is 1. The van der Waals surface area contributed by atoms with Crippen LogP contribution in [0.25, 0.3) is 0 Å². The number of benzene rings is 1. The highest BCUT2D eigenvalue weighted by Crippen LogP contribution is 2.22. The lowest BCUT2D eigenvalue weighted by Crippen LogP contribution is -2.18. The molecule has 0 aliphatic rings. The molecule has 0 radical (unpaired) electrons. The Bertz CT molecular complexity index is 517. The van der Waals surface area contributed by atoms with Crippen LogP contribution in [0.5, 0.6) is 5.75 Å². The van der Waals surface area contributed by atoms with Crippen molar-refractivity contribution in [2.24, 2.45) is 11.1 Å². The lowest BCUT2D eigenvalue weighted by atomic mass is 10.1. The van der Waals surface area contributed by atoms with Gasteiger partial charge < -0.3 is 4.74 Å². The van der Waals surface area contributed by atoms with Gasteiger partial charge in [0.25, 0.3) is 0 Å². The summed E-state index contributed by atoms with van der Waals surface area (Å²) in [6.07, 6.45) is 1.38. The van der Waals surface area contributed by atoms with E-state index in [2.05, 4.69) is 15.9 Å². The first-order chi connectivity index (χ1) is 8.78. The fraction of sp³-hybridized carbons (Fsp3) is 0.538. The molecular formula is C13H20BrNO3S. The Hall–Kier alpha value is -0.590. The molecule has 1 aromatic rings. The highest BCUT2D eigenvalue weighted by molar-refractivity contribution is 9.10. The zero-order chi connectivity index (χ0) is 14.5. The van der Waals surface area contributed by atoms with Gasteiger partial charge in [0, 0.05) is 4.47 Å². The molecule has 0 aliphatic carbocycles. The minimum atomic E-state index is -3.35. The molecule has 0 saturated carbocycles. The number of primary sulfonamides is 1. The van der Waals surface area contributed by atoms with Crippen LogP contribution in [0.15, 0.2) is 22.7 Å². The van der Waals surface area contributed by atoms with E-state index in [4.69, 9.17) is 9.88 Å². The van der Waals surface area contributed by atoms with Gasteiger partial charge in [0.2, 0.25) is 10.0 Å². The third-order valence-corrected chi connectivity index (χ3v) is 4.20. The molecule has 0 amide bonds. The minimum absolute atomic E-state index is 0.0332. The summed E-state index contributed by atoms with van der Waals surface area (Å²) in [5, 5.41) is 4.97. The summed E-state index contributed by atoms with van der Waals surface area (Å²) in [5.74, 6) is 1.17. The van der Waals surface area contributed by atoms with Crippen LogP contribution in [0, 0.1) is 12.8 Å². The quantitative estimate of drug-likeness (QED) is 0.822. The Morgan fingerprint density at radius 3 is 2.63 bits per heavy atom. The molecular weight excluding hydrogens is 330 g/mol. The number of ether oxygens (including phenoxy) is 1. The van der Waals surface area contributed by atoms with Gasteiger partial charge >= 0.3 is 0 Å². The van der Waals surface area contributed by atoms with E-state index in [0.717, 1.165) is 22.2 Å². The van der Waals surface area contributed by atoms with Crippen molar-refractivity contribution in [2.75, 3.05) is 12.4 Å². The molecule has 0 saturated heterocycles. The van der Waals surface area contributed by atoms with Gasteiger partial charge in [0.05, 0.1) is 12.4 Å². The zero-order valence-corrected chi connectivity index (χ0v) is 13.6. The molecule has 0 heterocycles. The van der Waals surface area contributed by atoms with E-state index in [1.165, 1.54) is 0 Å². The van der Waals surface area contributed by atoms with Crippen LogP contribution in [0.1, 0.15) is 25.3 Å². The van der Waals surface area contributed by atoms with E-state index in [9.17, 15) is 8.42 Å². The Morgan fingerprint density at radius 1 is 1.37 bits per heavy atom. The topological polar surface area (TPSA) is 69.4 Å². The van der Waals surface area contributed by atoms with Crippen LogP contribution in [0.3, 0.4) is 0 Å². The third-order valence-electron chi connectivity index (χ3n) is 2.90. The lowest BCUT2D eigenvalue weighted by molar-refractivity contribution is 0.280. The molecule has 1 aromatic carbocycles. The molecule has 1 atom stereocenters. The third kappa shape index (κ3) is 6.94. The van der Waals surface area contributed by atoms with Crippen molar-refractivity contribution in [3.05, 3.63) is 28.2 Å². The highest BCUT2D eigenvalue weighted by Gasteiger charge is 2.09. The number of hydrogen-bond donors (Lipinski definition) is 1. The number of hydrogen-bond acceptors (Lipinski definition) is 3. The van der Waals surface area contributed by atoms with E-state index in [1.807, 2.05) is 32.0 Å². The molecule has 0 bridgehead atoms. The average molecular weight is 350 g/mol. The number of aryl methyl sites for hydroxylation is 1. The van der Waals surface area contributed by atoms with Gasteiger partial charge in [-0.05, 0) is 49.4 Å². The van der Waals surface area contributed by atoms with Gasteiger partial charge in [-0.1, -0.05) is 22.9 Å². The van der Waals surface area contributed by atoms with E-state index in [1.54, 1.807) is 0 Å². The molecule has 19 heavy (non-hydrogen) atoms. The van der Waals surface area contributed by atoms with Crippen molar-refractivity contribution in [1.82, 2.24) is 0 Å². The molecule has 1 rings (SSSR count). The normalized spacial score (nSPS) is 13.3. The van der Waals surface area contributed by atoms with E-state index in [0.29, 0.717) is 13.0 Å². The van der Waals surface area contributed by atoms with Crippen molar-refractivity contribution in [1.29, 1.82) is 0 Å². The van der Waals surface area contributed by atoms with E-state index in [-0.39, 0.29) is 11.7 Å². The second-order valence-electron chi connectivity index (χ2n) is 4.81. The molecule has 0 spiro atoms. The van der Waals surface area contributed by atoms with Crippen LogP contribution in [-0.2, 0) is 10.0 Å². The number of halogens is 1. The second-order valence-corrected chi connectivity index (χ2v) is 7.46. The maximum Gasteiger partial charge on any atom is 0.209 e. The Morgan fingerprint density at radius 2 is 2.05 bits per heavy atom. The first-order valence-electron chi connectivity index (χ1n) is 6.17. The van der Waals surface area contributed by atoms with Crippen LogP contribution < -0.4 is 9.88 Å². The van der Waals surface area contributed by atoms with Crippen molar-refractivity contribution in [3.8, 4) is 5.75 Å². The standard InChI is InChI=1S/C13H20BrNO3S/c1-10(6-8-19(15,16)17)5-7-18-13-4-3-12(14)9-11(13)2/h3-4,9-10H,5-8H2,1-2H3,(H2,15,16,17). The van der Waals surface area contributed by atoms with Crippen molar-refractivity contribution in [3.63, 3.8) is 0 Å². The predicted molar refractivity (Wildman–Crippen MR) is 80.7 cm³/mol. The van der Waals surface area contributed by atoms with Gasteiger partial charge in [0.1, 0.15) is 5.75 Å². The Labute approximate surface area is 123 Å². The van der Waals surface area contributed by atoms with Gasteiger partial charge in [-0.25, -0.2) is 13.6 Å². The first kappa shape index (κ1) is 16.5. The van der Waals surface area contributed by atoms with Crippen LogP contribution >= 0.6 is 15.9 Å². The van der Waals surface area contributed by atoms with E-state index >= 15 is 0 Å². The monoisotopic (exact) mass is 349 g/mol. The molecule has 0 aromatic heterocycles. The zero-order valence-electron chi connectivity index (χ0n) is 11.2. The molecule has 0 fully saturated rings. The highest BCUT2D eigenvalue weighted by atomic mass is 79.9. The van der Waals surface area contributed by atoms with Crippen LogP contribution in [0.2, 0.25) is 0 Å². The summed E-state index contributed by atoms with van der Waals surface area (Å²) in [7, 11) is -3.35. The maximum absolute atomic E-state index is 10.8. The maximum atomic E-state index is 10.8. The van der Waals surface area contributed by atoms with Gasteiger partial charge in [-0.2, -0.15) is 0 Å². The van der Waals surface area contributed by atoms with Crippen LogP contribution in [-0.4, -0.2) is 20.8 Å². The molecule has 2 N–H and O–H groups in total. The van der Waals surface area contributed by atoms with Crippen molar-refractivity contribution >= 4 is 26.0 Å². The largest absolute Gasteiger partial charge is 0.493 e. The SMILES string of the molecule is Cc1cc(Br)ccc1OCCC(C)CCS(N)(=O)=O. The van der Waals surface area contributed by atoms with Gasteiger partial charge in [-0.15, -0.1) is 0 Å². The second kappa shape index (κ2) is 7.26. The minimum Gasteiger partial charge on any atom is -0.493 e. The summed E-state index contributed by atoms with van der Waals surface area (Å²) < 4.78 is 28.4. The Balaban J connectivity index is 2.33. The first-order valence-corrected chi connectivity index (χ1v) is 8.68. The smallest absolute Gasteiger partial charge is 0.209 e. The summed E-state index contributed by atoms with van der Waals surface area (Å²) in [5.41, 5.74) is 1.08. The number of nitrogens with two attached hydrogens (primary N) is 1. The molecule has 0 aliphatic heterocycles. The Kier molecular flexibility index (Phi) is 6.29. The molecule has 108 valence electrons. The fourth-order valence-corrected chi connectivity index (χ4v) is 2.86. The summed E-state index contributed by atoms with van der Waals surface area (Å²) in [6, 6.07) is 5.86. The van der Waals surface area contributed by atoms with Crippen LogP contribution in [0.4, 0.5) is 0 Å². The van der Waals surface area contributed by atoms with E-state index < -0.39 is 10.0 Å². The summed E-state index contributed by atoms with van der Waals surface area (Å²) in [4.78, 5) is 0. The average Bonchev–Trinajstić information content (AvgIpc) is 2.28. The predicted octanol–water partition coefficient (Wildman–Crippen LogP) is 2.84. The van der Waals surface area contributed by atoms with Gasteiger partial charge in [-0.3, -0.25) is 0 Å². The summed E-state index contributed by atoms with van der Waals surface area (Å²) in [6.45, 7) is 4.57. The molecule has 6 heteroatoms. The fourth-order valence-electron chi connectivity index (χ4n) is 1.65. The molecule has 4 nitrogen and oxygen atoms in total. The molecule has 1 unspecified atom stereocenters. The van der Waals surface area contributed by atoms with Gasteiger partial charge in [0.15, 0.2) is 0 Å². The van der Waals surface area contributed by atoms with Crippen molar-refractivity contribution < 1.29 is 13.2 Å². The summed E-state index contributed by atoms with van der Waals surface area (Å²) >= 11 is 3.40.